The van der Waals surface area contributed by atoms with Gasteiger partial charge in [-0.05, 0) is 36.6 Å². The summed E-state index contributed by atoms with van der Waals surface area (Å²) in [6, 6.07) is 15.6. The van der Waals surface area contributed by atoms with Gasteiger partial charge in [0.25, 0.3) is 5.91 Å². The van der Waals surface area contributed by atoms with Crippen LogP contribution < -0.4 is 5.32 Å². The lowest BCUT2D eigenvalue weighted by Crippen LogP contribution is -2.44. The minimum absolute atomic E-state index is 0.149. The van der Waals surface area contributed by atoms with Gasteiger partial charge in [0.1, 0.15) is 0 Å². The van der Waals surface area contributed by atoms with E-state index in [0.29, 0.717) is 15.6 Å². The van der Waals surface area contributed by atoms with Gasteiger partial charge >= 0.3 is 0 Å². The van der Waals surface area contributed by atoms with Crippen molar-refractivity contribution in [3.63, 3.8) is 0 Å². The van der Waals surface area contributed by atoms with E-state index >= 15 is 0 Å². The van der Waals surface area contributed by atoms with Crippen LogP contribution in [0.4, 0.5) is 0 Å². The van der Waals surface area contributed by atoms with Crippen LogP contribution in [-0.2, 0) is 6.54 Å². The second kappa shape index (κ2) is 8.02. The average Bonchev–Trinajstić information content (AvgIpc) is 2.59. The second-order valence-corrected chi connectivity index (χ2v) is 6.98. The van der Waals surface area contributed by atoms with Gasteiger partial charge in [0.15, 0.2) is 0 Å². The Morgan fingerprint density at radius 3 is 2.50 bits per heavy atom. The Hall–Kier alpha value is -1.55. The van der Waals surface area contributed by atoms with Crippen LogP contribution in [0.25, 0.3) is 0 Å². The molecule has 1 N–H and O–H groups in total. The van der Waals surface area contributed by atoms with Crippen molar-refractivity contribution in [2.45, 2.75) is 25.4 Å². The summed E-state index contributed by atoms with van der Waals surface area (Å²) in [5.41, 5.74) is 1.77. The third kappa shape index (κ3) is 4.50. The van der Waals surface area contributed by atoms with Crippen molar-refractivity contribution in [1.29, 1.82) is 0 Å². The van der Waals surface area contributed by atoms with Crippen LogP contribution in [0.3, 0.4) is 0 Å². The Kier molecular flexibility index (Phi) is 5.77. The first-order valence-corrected chi connectivity index (χ1v) is 8.89. The number of carbonyl (C=O) groups is 1. The number of nitrogens with one attached hydrogen (secondary N) is 1. The molecular weight excluding hydrogens is 343 g/mol. The molecule has 0 radical (unpaired) electrons. The lowest BCUT2D eigenvalue weighted by Gasteiger charge is -2.32. The van der Waals surface area contributed by atoms with E-state index in [1.54, 1.807) is 18.2 Å². The highest BCUT2D eigenvalue weighted by Gasteiger charge is 2.22. The minimum atomic E-state index is -0.149. The first kappa shape index (κ1) is 17.3. The number of nitrogens with zero attached hydrogens (tertiary/aromatic N) is 1. The monoisotopic (exact) mass is 362 g/mol. The topological polar surface area (TPSA) is 32.3 Å². The van der Waals surface area contributed by atoms with Gasteiger partial charge in [-0.3, -0.25) is 9.69 Å². The van der Waals surface area contributed by atoms with Crippen LogP contribution >= 0.6 is 23.2 Å². The molecule has 0 saturated carbocycles. The maximum atomic E-state index is 12.4. The average molecular weight is 363 g/mol. The lowest BCUT2D eigenvalue weighted by molar-refractivity contribution is 0.0909. The minimum Gasteiger partial charge on any atom is -0.349 e. The molecule has 0 aromatic heterocycles. The Morgan fingerprint density at radius 2 is 1.79 bits per heavy atom. The molecule has 2 aromatic rings. The molecule has 1 saturated heterocycles. The molecule has 0 unspecified atom stereocenters. The van der Waals surface area contributed by atoms with E-state index < -0.39 is 0 Å². The van der Waals surface area contributed by atoms with Crippen LogP contribution in [0, 0.1) is 0 Å². The molecule has 1 aliphatic rings. The molecule has 3 rings (SSSR count). The van der Waals surface area contributed by atoms with E-state index in [9.17, 15) is 4.79 Å². The van der Waals surface area contributed by atoms with E-state index in [-0.39, 0.29) is 11.9 Å². The van der Waals surface area contributed by atoms with Gasteiger partial charge in [0.05, 0.1) is 10.6 Å². The predicted molar refractivity (Wildman–Crippen MR) is 98.7 cm³/mol. The highest BCUT2D eigenvalue weighted by Crippen LogP contribution is 2.21. The molecule has 0 spiro atoms. The molecule has 0 aliphatic carbocycles. The summed E-state index contributed by atoms with van der Waals surface area (Å²) in [5, 5.41) is 4.02. The molecule has 5 heteroatoms. The van der Waals surface area contributed by atoms with Gasteiger partial charge in [0.2, 0.25) is 0 Å². The Morgan fingerprint density at radius 1 is 1.08 bits per heavy atom. The third-order valence-electron chi connectivity index (χ3n) is 4.34. The van der Waals surface area contributed by atoms with E-state index in [2.05, 4.69) is 34.5 Å². The second-order valence-electron chi connectivity index (χ2n) is 6.13. The van der Waals surface area contributed by atoms with Crippen molar-refractivity contribution < 1.29 is 4.79 Å². The van der Waals surface area contributed by atoms with E-state index in [1.807, 2.05) is 6.07 Å². The number of hydrogen-bond acceptors (Lipinski definition) is 2. The van der Waals surface area contributed by atoms with Gasteiger partial charge in [-0.25, -0.2) is 0 Å². The molecule has 126 valence electrons. The molecule has 24 heavy (non-hydrogen) atoms. The van der Waals surface area contributed by atoms with Crippen LogP contribution in [0.2, 0.25) is 10.0 Å². The molecule has 2 aromatic carbocycles. The summed E-state index contributed by atoms with van der Waals surface area (Å²) in [5.74, 6) is -0.149. The Balaban J connectivity index is 1.52. The fourth-order valence-electron chi connectivity index (χ4n) is 3.01. The fraction of sp³-hybridized carbons (Fsp3) is 0.316. The summed E-state index contributed by atoms with van der Waals surface area (Å²) in [7, 11) is 0. The number of piperidine rings is 1. The Labute approximate surface area is 152 Å². The van der Waals surface area contributed by atoms with E-state index in [4.69, 9.17) is 23.2 Å². The fourth-order valence-corrected chi connectivity index (χ4v) is 3.39. The maximum absolute atomic E-state index is 12.4. The first-order chi connectivity index (χ1) is 11.6. The number of rotatable bonds is 4. The van der Waals surface area contributed by atoms with Crippen molar-refractivity contribution in [3.05, 3.63) is 69.7 Å². The SMILES string of the molecule is O=C(NC1CCN(Cc2ccccc2)CC1)c1cc(Cl)ccc1Cl. The summed E-state index contributed by atoms with van der Waals surface area (Å²) in [6.45, 7) is 2.91. The van der Waals surface area contributed by atoms with Crippen LogP contribution in [0.15, 0.2) is 48.5 Å². The van der Waals surface area contributed by atoms with Crippen LogP contribution in [0.5, 0.6) is 0 Å². The van der Waals surface area contributed by atoms with Gasteiger partial charge < -0.3 is 5.32 Å². The molecule has 0 atom stereocenters. The number of amides is 1. The largest absolute Gasteiger partial charge is 0.349 e. The van der Waals surface area contributed by atoms with Crippen LogP contribution in [0.1, 0.15) is 28.8 Å². The zero-order chi connectivity index (χ0) is 16.9. The number of halogens is 2. The van der Waals surface area contributed by atoms with Gasteiger partial charge in [-0.2, -0.15) is 0 Å². The summed E-state index contributed by atoms with van der Waals surface area (Å²) in [4.78, 5) is 14.8. The van der Waals surface area contributed by atoms with Gasteiger partial charge in [-0.1, -0.05) is 53.5 Å². The Bertz CT molecular complexity index is 698. The lowest BCUT2D eigenvalue weighted by atomic mass is 10.0. The molecule has 1 fully saturated rings. The summed E-state index contributed by atoms with van der Waals surface area (Å²) in [6.07, 6.45) is 1.88. The quantitative estimate of drug-likeness (QED) is 0.874. The first-order valence-electron chi connectivity index (χ1n) is 8.14. The van der Waals surface area contributed by atoms with Gasteiger partial charge in [0, 0.05) is 30.7 Å². The predicted octanol–water partition coefficient (Wildman–Crippen LogP) is 4.39. The highest BCUT2D eigenvalue weighted by molar-refractivity contribution is 6.35. The number of carbonyl (C=O) groups excluding carboxylic acids is 1. The number of hydrogen-bond donors (Lipinski definition) is 1. The molecular formula is C19H20Cl2N2O. The smallest absolute Gasteiger partial charge is 0.253 e. The highest BCUT2D eigenvalue weighted by atomic mass is 35.5. The summed E-state index contributed by atoms with van der Waals surface area (Å²) < 4.78 is 0. The van der Waals surface area contributed by atoms with Crippen molar-refractivity contribution in [2.75, 3.05) is 13.1 Å². The normalized spacial score (nSPS) is 16.1. The van der Waals surface area contributed by atoms with Crippen molar-refractivity contribution in [1.82, 2.24) is 10.2 Å². The zero-order valence-corrected chi connectivity index (χ0v) is 14.9. The molecule has 1 heterocycles. The maximum Gasteiger partial charge on any atom is 0.253 e. The van der Waals surface area contributed by atoms with Crippen molar-refractivity contribution >= 4 is 29.1 Å². The van der Waals surface area contributed by atoms with Crippen molar-refractivity contribution in [3.8, 4) is 0 Å². The van der Waals surface area contributed by atoms with Crippen LogP contribution in [-0.4, -0.2) is 29.9 Å². The third-order valence-corrected chi connectivity index (χ3v) is 4.91. The standard InChI is InChI=1S/C19H20Cl2N2O/c20-15-6-7-18(21)17(12-15)19(24)22-16-8-10-23(11-9-16)13-14-4-2-1-3-5-14/h1-7,12,16H,8-11,13H2,(H,22,24). The van der Waals surface area contributed by atoms with Crippen molar-refractivity contribution in [2.24, 2.45) is 0 Å². The number of benzene rings is 2. The molecule has 0 bridgehead atoms. The molecule has 3 nitrogen and oxygen atoms in total. The molecule has 1 aliphatic heterocycles. The molecule has 1 amide bonds. The van der Waals surface area contributed by atoms with E-state index in [0.717, 1.165) is 32.5 Å². The van der Waals surface area contributed by atoms with E-state index in [1.165, 1.54) is 5.56 Å². The zero-order valence-electron chi connectivity index (χ0n) is 13.3. The number of likely N-dealkylation sites (tertiary alicyclic amines) is 1. The van der Waals surface area contributed by atoms with Gasteiger partial charge in [-0.15, -0.1) is 0 Å². The summed E-state index contributed by atoms with van der Waals surface area (Å²) >= 11 is 12.0.